The third-order valence-electron chi connectivity index (χ3n) is 6.34. The van der Waals surface area contributed by atoms with Gasteiger partial charge in [0, 0.05) is 6.42 Å². The van der Waals surface area contributed by atoms with Crippen molar-refractivity contribution >= 4 is 22.9 Å². The first-order chi connectivity index (χ1) is 18.2. The molecule has 1 aliphatic rings. The summed E-state index contributed by atoms with van der Waals surface area (Å²) >= 11 is 0. The van der Waals surface area contributed by atoms with Crippen LogP contribution in [0, 0.1) is 0 Å². The number of hydrogen-bond donors (Lipinski definition) is 6. The van der Waals surface area contributed by atoms with Gasteiger partial charge >= 0.3 is 0 Å². The minimum absolute atomic E-state index is 0.0382. The van der Waals surface area contributed by atoms with Crippen LogP contribution in [0.3, 0.4) is 0 Å². The number of nitrogens with zero attached hydrogens (tertiary/aromatic N) is 4. The number of fused-ring (bicyclic) bond motifs is 1. The van der Waals surface area contributed by atoms with Gasteiger partial charge in [0.25, 0.3) is 0 Å². The Morgan fingerprint density at radius 2 is 1.79 bits per heavy atom. The summed E-state index contributed by atoms with van der Waals surface area (Å²) in [6.07, 6.45) is -3.02. The number of ether oxygens (including phenoxy) is 2. The fourth-order valence-corrected chi connectivity index (χ4v) is 4.42. The van der Waals surface area contributed by atoms with Crippen molar-refractivity contribution in [1.82, 2.24) is 19.5 Å². The zero-order valence-corrected chi connectivity index (χ0v) is 20.7. The van der Waals surface area contributed by atoms with E-state index in [0.29, 0.717) is 12.4 Å². The quantitative estimate of drug-likeness (QED) is 0.172. The highest BCUT2D eigenvalue weighted by Gasteiger charge is 2.44. The van der Waals surface area contributed by atoms with Crippen molar-refractivity contribution in [3.05, 3.63) is 72.1 Å². The number of benzene rings is 2. The highest BCUT2D eigenvalue weighted by Crippen LogP contribution is 2.32. The van der Waals surface area contributed by atoms with Crippen LogP contribution in [0.25, 0.3) is 11.2 Å². The number of hydrogen-bond acceptors (Lipinski definition) is 11. The number of rotatable bonds is 9. The molecule has 7 N–H and O–H groups in total. The van der Waals surface area contributed by atoms with Crippen molar-refractivity contribution in [2.45, 2.75) is 50.2 Å². The number of imidazole rings is 1. The summed E-state index contributed by atoms with van der Waals surface area (Å²) in [5.74, 6) is 0.805. The lowest BCUT2D eigenvalue weighted by Crippen LogP contribution is -2.37. The predicted molar refractivity (Wildman–Crippen MR) is 138 cm³/mol. The number of anilines is 2. The zero-order valence-electron chi connectivity index (χ0n) is 20.7. The molecule has 38 heavy (non-hydrogen) atoms. The molecule has 0 saturated carbocycles. The summed E-state index contributed by atoms with van der Waals surface area (Å²) in [6, 6.07) is 17.3. The van der Waals surface area contributed by atoms with Gasteiger partial charge in [-0.05, 0) is 30.2 Å². The van der Waals surface area contributed by atoms with Gasteiger partial charge in [-0.25, -0.2) is 4.98 Å². The van der Waals surface area contributed by atoms with Gasteiger partial charge in [-0.2, -0.15) is 9.97 Å². The smallest absolute Gasteiger partial charge is 0.229 e. The molecule has 2 aromatic heterocycles. The van der Waals surface area contributed by atoms with Crippen molar-refractivity contribution in [2.75, 3.05) is 17.7 Å². The number of aromatic nitrogens is 4. The average Bonchev–Trinajstić information content (AvgIpc) is 3.44. The molecule has 3 unspecified atom stereocenters. The molecule has 0 aliphatic carbocycles. The Bertz CT molecular complexity index is 1380. The molecule has 5 atom stereocenters. The molecule has 3 heterocycles. The molecule has 2 aromatic carbocycles. The van der Waals surface area contributed by atoms with Crippen LogP contribution in [0.15, 0.2) is 60.9 Å². The maximum atomic E-state index is 11.1. The molecule has 200 valence electrons. The molecule has 0 bridgehead atoms. The largest absolute Gasteiger partial charge is 0.489 e. The van der Waals surface area contributed by atoms with E-state index in [0.717, 1.165) is 11.1 Å². The Morgan fingerprint density at radius 3 is 2.47 bits per heavy atom. The summed E-state index contributed by atoms with van der Waals surface area (Å²) < 4.78 is 12.8. The lowest BCUT2D eigenvalue weighted by atomic mass is 10.0. The van der Waals surface area contributed by atoms with Gasteiger partial charge in [0.05, 0.1) is 12.9 Å². The number of nitrogens with one attached hydrogen (secondary N) is 1. The van der Waals surface area contributed by atoms with Crippen LogP contribution in [0.1, 0.15) is 24.3 Å². The molecule has 0 spiro atoms. The molecule has 4 aromatic rings. The predicted octanol–water partition coefficient (Wildman–Crippen LogP) is 0.962. The normalized spacial score (nSPS) is 22.9. The topological polar surface area (TPSA) is 181 Å². The second-order valence-electron chi connectivity index (χ2n) is 9.48. The van der Waals surface area contributed by atoms with Gasteiger partial charge in [0.1, 0.15) is 41.9 Å². The van der Waals surface area contributed by atoms with E-state index in [2.05, 4.69) is 20.3 Å². The third-order valence-corrected chi connectivity index (χ3v) is 6.34. The molecule has 0 radical (unpaired) electrons. The van der Waals surface area contributed by atoms with Crippen molar-refractivity contribution in [2.24, 2.45) is 0 Å². The minimum Gasteiger partial charge on any atom is -0.489 e. The number of nitrogen functional groups attached to an aromatic ring is 1. The standard InChI is InChI=1S/C26H30N6O6/c1-26(36,11-15-7-9-17(10-8-15)37-13-16-5-3-2-4-6-16)31-25-29-22(27)19-23(30-25)32(14-28-19)24-21(35)20(34)18(12-33)38-24/h2-10,14,18,20-21,24,33-36H,11-13H2,1H3,(H3,27,29,30,31)/t18-,20?,21?,24-,26?/m1/s1. The Morgan fingerprint density at radius 1 is 1.05 bits per heavy atom. The van der Waals surface area contributed by atoms with Crippen LogP contribution in [0.4, 0.5) is 11.8 Å². The van der Waals surface area contributed by atoms with Crippen LogP contribution >= 0.6 is 0 Å². The van der Waals surface area contributed by atoms with Crippen LogP contribution in [-0.2, 0) is 17.8 Å². The molecule has 1 aliphatic heterocycles. The summed E-state index contributed by atoms with van der Waals surface area (Å²) in [7, 11) is 0. The Labute approximate surface area is 218 Å². The summed E-state index contributed by atoms with van der Waals surface area (Å²) in [5, 5.41) is 43.9. The van der Waals surface area contributed by atoms with Gasteiger partial charge in [-0.3, -0.25) is 4.57 Å². The fourth-order valence-electron chi connectivity index (χ4n) is 4.42. The zero-order chi connectivity index (χ0) is 26.9. The van der Waals surface area contributed by atoms with Gasteiger partial charge < -0.3 is 41.0 Å². The number of aliphatic hydroxyl groups excluding tert-OH is 3. The average molecular weight is 523 g/mol. The molecule has 1 saturated heterocycles. The van der Waals surface area contributed by atoms with Crippen molar-refractivity contribution in [3.63, 3.8) is 0 Å². The van der Waals surface area contributed by atoms with E-state index in [1.165, 1.54) is 10.9 Å². The Hall–Kier alpha value is -3.81. The molecule has 0 amide bonds. The van der Waals surface area contributed by atoms with Crippen LogP contribution < -0.4 is 15.8 Å². The van der Waals surface area contributed by atoms with Gasteiger partial charge in [-0.1, -0.05) is 42.5 Å². The van der Waals surface area contributed by atoms with Crippen molar-refractivity contribution in [1.29, 1.82) is 0 Å². The molecule has 5 rings (SSSR count). The van der Waals surface area contributed by atoms with Crippen molar-refractivity contribution < 1.29 is 29.9 Å². The van der Waals surface area contributed by atoms with E-state index in [-0.39, 0.29) is 29.4 Å². The van der Waals surface area contributed by atoms with Gasteiger partial charge in [-0.15, -0.1) is 0 Å². The molecule has 12 heteroatoms. The summed E-state index contributed by atoms with van der Waals surface area (Å²) in [5.41, 5.74) is 7.05. The highest BCUT2D eigenvalue weighted by molar-refractivity contribution is 5.83. The van der Waals surface area contributed by atoms with E-state index in [9.17, 15) is 20.4 Å². The van der Waals surface area contributed by atoms with E-state index >= 15 is 0 Å². The molecular weight excluding hydrogens is 492 g/mol. The Kier molecular flexibility index (Phi) is 7.15. The maximum absolute atomic E-state index is 11.1. The van der Waals surface area contributed by atoms with E-state index in [1.54, 1.807) is 6.92 Å². The van der Waals surface area contributed by atoms with E-state index in [1.807, 2.05) is 54.6 Å². The molecule has 1 fully saturated rings. The van der Waals surface area contributed by atoms with Crippen LogP contribution in [0.2, 0.25) is 0 Å². The lowest BCUT2D eigenvalue weighted by molar-refractivity contribution is -0.0511. The summed E-state index contributed by atoms with van der Waals surface area (Å²) in [4.78, 5) is 12.8. The van der Waals surface area contributed by atoms with E-state index in [4.69, 9.17) is 15.2 Å². The molecular formula is C26H30N6O6. The first kappa shape index (κ1) is 25.8. The maximum Gasteiger partial charge on any atom is 0.229 e. The highest BCUT2D eigenvalue weighted by atomic mass is 16.6. The third kappa shape index (κ3) is 5.39. The van der Waals surface area contributed by atoms with Gasteiger partial charge in [0.15, 0.2) is 17.7 Å². The van der Waals surface area contributed by atoms with Crippen LogP contribution in [0.5, 0.6) is 5.75 Å². The minimum atomic E-state index is -1.45. The number of nitrogens with two attached hydrogens (primary N) is 1. The van der Waals surface area contributed by atoms with Crippen LogP contribution in [-0.4, -0.2) is 70.6 Å². The summed E-state index contributed by atoms with van der Waals surface area (Å²) in [6.45, 7) is 1.58. The number of aliphatic hydroxyl groups is 4. The first-order valence-corrected chi connectivity index (χ1v) is 12.1. The molecule has 12 nitrogen and oxygen atoms in total. The SMILES string of the molecule is CC(O)(Cc1ccc(OCc2ccccc2)cc1)Nc1nc(N)c2ncn([C@@H]3O[C@H](CO)C(O)C3O)c2n1. The van der Waals surface area contributed by atoms with Gasteiger partial charge in [0.2, 0.25) is 5.95 Å². The lowest BCUT2D eigenvalue weighted by Gasteiger charge is -2.25. The monoisotopic (exact) mass is 522 g/mol. The fraction of sp³-hybridized carbons (Fsp3) is 0.346. The second kappa shape index (κ2) is 10.5. The first-order valence-electron chi connectivity index (χ1n) is 12.1. The van der Waals surface area contributed by atoms with Crippen molar-refractivity contribution in [3.8, 4) is 5.75 Å². The second-order valence-corrected chi connectivity index (χ2v) is 9.48. The Balaban J connectivity index is 1.29. The van der Waals surface area contributed by atoms with E-state index < -0.39 is 36.9 Å².